The molecule has 46 heavy (non-hydrogen) atoms. The maximum absolute atomic E-state index is 14.2. The first kappa shape index (κ1) is 24.9. The number of ketones is 2. The number of guanidine groups is 1. The smallest absolute Gasteiger partial charge is 0.224 e. The van der Waals surface area contributed by atoms with Gasteiger partial charge in [0, 0.05) is 38.1 Å². The van der Waals surface area contributed by atoms with Gasteiger partial charge in [-0.2, -0.15) is 0 Å². The van der Waals surface area contributed by atoms with Crippen molar-refractivity contribution >= 4 is 29.3 Å². The summed E-state index contributed by atoms with van der Waals surface area (Å²) in [5.74, 6) is -8.34. The number of nitrogens with zero attached hydrogens (tertiary/aromatic N) is 1. The SMILES string of the molecule is [2H]c1c([2H])c([2H])c(C[C@]([2H])(CC(=O)[C@H](CC([2H])([2H])C([2H])([2H])CN)NC(=O)[C@@H](CC(=O)[C@H](N)CCCN=C(N)N)Cc2c(C)cc(O)cc2C)C(N)=O)c([2H])c1[2H]. The van der Waals surface area contributed by atoms with Crippen LogP contribution in [0.25, 0.3) is 0 Å². The lowest BCUT2D eigenvalue weighted by molar-refractivity contribution is -0.133. The van der Waals surface area contributed by atoms with Crippen molar-refractivity contribution in [2.75, 3.05) is 13.1 Å². The van der Waals surface area contributed by atoms with Crippen molar-refractivity contribution in [1.82, 2.24) is 5.32 Å². The van der Waals surface area contributed by atoms with Crippen molar-refractivity contribution in [3.8, 4) is 5.75 Å². The Balaban J connectivity index is 2.62. The van der Waals surface area contributed by atoms with Gasteiger partial charge in [-0.05, 0) is 99.6 Å². The minimum Gasteiger partial charge on any atom is -0.508 e. The van der Waals surface area contributed by atoms with Crippen LogP contribution in [-0.2, 0) is 32.0 Å². The molecule has 0 aromatic heterocycles. The van der Waals surface area contributed by atoms with Crippen LogP contribution in [0.1, 0.15) is 80.8 Å². The van der Waals surface area contributed by atoms with Crippen molar-refractivity contribution in [3.63, 3.8) is 0 Å². The summed E-state index contributed by atoms with van der Waals surface area (Å²) in [6.45, 7) is 2.67. The number of hydrogen-bond donors (Lipinski definition) is 7. The van der Waals surface area contributed by atoms with Crippen molar-refractivity contribution < 1.29 is 38.0 Å². The Kier molecular flexibility index (Phi) is 10.4. The van der Waals surface area contributed by atoms with Gasteiger partial charge in [-0.15, -0.1) is 0 Å². The molecule has 0 unspecified atom stereocenters. The van der Waals surface area contributed by atoms with Crippen LogP contribution in [0, 0.1) is 25.7 Å². The van der Waals surface area contributed by atoms with Gasteiger partial charge in [-0.1, -0.05) is 30.2 Å². The summed E-state index contributed by atoms with van der Waals surface area (Å²) >= 11 is 0. The molecule has 12 nitrogen and oxygen atoms in total. The van der Waals surface area contributed by atoms with E-state index in [9.17, 15) is 24.3 Å². The van der Waals surface area contributed by atoms with Crippen LogP contribution in [0.15, 0.2) is 47.3 Å². The fraction of sp³-hybridized carbons (Fsp3) is 0.500. The number of rotatable bonds is 21. The zero-order chi connectivity index (χ0) is 43.1. The van der Waals surface area contributed by atoms with Crippen LogP contribution in [0.4, 0.5) is 0 Å². The highest BCUT2D eigenvalue weighted by atomic mass is 16.3. The number of aliphatic imine (C=N–C) groups is 1. The number of Topliss-reactive ketones (excluding diaryl/α,β-unsaturated/α-hetero) is 2. The second-order valence-electron chi connectivity index (χ2n) is 10.9. The molecule has 2 aromatic rings. The van der Waals surface area contributed by atoms with Crippen LogP contribution in [0.3, 0.4) is 0 Å². The van der Waals surface area contributed by atoms with E-state index in [1.54, 1.807) is 13.8 Å². The van der Waals surface area contributed by atoms with E-state index in [1.807, 2.05) is 0 Å². The highest BCUT2D eigenvalue weighted by Gasteiger charge is 2.31. The van der Waals surface area contributed by atoms with Crippen LogP contribution in [0.2, 0.25) is 0 Å². The number of hydrogen-bond acceptors (Lipinski definition) is 8. The second kappa shape index (κ2) is 19.3. The second-order valence-corrected chi connectivity index (χ2v) is 10.9. The van der Waals surface area contributed by atoms with Crippen molar-refractivity contribution in [1.29, 1.82) is 0 Å². The van der Waals surface area contributed by atoms with Crippen LogP contribution in [-0.4, -0.2) is 59.6 Å². The topological polar surface area (TPSA) is 243 Å². The average Bonchev–Trinajstić information content (AvgIpc) is 3.10. The van der Waals surface area contributed by atoms with Crippen molar-refractivity contribution in [2.45, 2.75) is 83.6 Å². The highest BCUT2D eigenvalue weighted by molar-refractivity contribution is 5.94. The fourth-order valence-corrected chi connectivity index (χ4v) is 4.80. The number of benzene rings is 2. The molecular weight excluding hydrogens is 586 g/mol. The van der Waals surface area contributed by atoms with E-state index >= 15 is 0 Å². The molecule has 0 heterocycles. The molecule has 0 aliphatic heterocycles. The minimum atomic E-state index is -2.91. The van der Waals surface area contributed by atoms with Crippen molar-refractivity contribution in [2.24, 2.45) is 45.5 Å². The van der Waals surface area contributed by atoms with E-state index in [-0.39, 0.29) is 31.1 Å². The number of primary amides is 1. The van der Waals surface area contributed by atoms with Gasteiger partial charge in [0.1, 0.15) is 11.5 Å². The van der Waals surface area contributed by atoms with E-state index in [0.29, 0.717) is 23.1 Å². The number of nitrogens with two attached hydrogens (primary N) is 5. The predicted molar refractivity (Wildman–Crippen MR) is 180 cm³/mol. The summed E-state index contributed by atoms with van der Waals surface area (Å²) < 4.78 is 82.4. The summed E-state index contributed by atoms with van der Waals surface area (Å²) in [5.41, 5.74) is 29.1. The average molecular weight is 648 g/mol. The molecule has 0 aliphatic rings. The van der Waals surface area contributed by atoms with Gasteiger partial charge in [0.2, 0.25) is 11.8 Å². The molecule has 0 saturated carbocycles. The number of amides is 2. The number of phenolic OH excluding ortho intramolecular Hbond substituents is 1. The lowest BCUT2D eigenvalue weighted by atomic mass is 9.86. The summed E-state index contributed by atoms with van der Waals surface area (Å²) in [5, 5.41) is 12.5. The Morgan fingerprint density at radius 3 is 2.22 bits per heavy atom. The maximum atomic E-state index is 14.2. The first-order chi connectivity index (χ1) is 25.7. The van der Waals surface area contributed by atoms with E-state index in [2.05, 4.69) is 10.3 Å². The van der Waals surface area contributed by atoms with Gasteiger partial charge in [0.25, 0.3) is 0 Å². The third-order valence-corrected chi connectivity index (χ3v) is 7.25. The van der Waals surface area contributed by atoms with Gasteiger partial charge in [0.05, 0.1) is 18.9 Å². The molecule has 2 aromatic carbocycles. The zero-order valence-electron chi connectivity index (χ0n) is 36.2. The lowest BCUT2D eigenvalue weighted by Crippen LogP contribution is -2.46. The monoisotopic (exact) mass is 647 g/mol. The number of nitrogens with one attached hydrogen (secondary N) is 1. The zero-order valence-corrected chi connectivity index (χ0v) is 26.2. The molecule has 0 saturated heterocycles. The van der Waals surface area contributed by atoms with E-state index in [4.69, 9.17) is 42.4 Å². The van der Waals surface area contributed by atoms with E-state index in [0.717, 1.165) is 0 Å². The first-order valence-electron chi connectivity index (χ1n) is 19.7. The van der Waals surface area contributed by atoms with Crippen LogP contribution < -0.4 is 34.0 Å². The number of aryl methyl sites for hydroxylation is 2. The molecule has 252 valence electrons. The molecule has 0 aliphatic carbocycles. The summed E-state index contributed by atoms with van der Waals surface area (Å²) in [6, 6.07) is -3.92. The molecule has 12 heteroatoms. The largest absolute Gasteiger partial charge is 0.508 e. The maximum Gasteiger partial charge on any atom is 0.224 e. The molecule has 0 spiro atoms. The molecule has 0 bridgehead atoms. The number of aromatic hydroxyl groups is 1. The Morgan fingerprint density at radius 1 is 0.978 bits per heavy atom. The first-order valence-corrected chi connectivity index (χ1v) is 14.7. The summed E-state index contributed by atoms with van der Waals surface area (Å²) in [4.78, 5) is 58.3. The quantitative estimate of drug-likeness (QED) is 0.0588. The predicted octanol–water partition coefficient (Wildman–Crippen LogP) is 1.43. The minimum absolute atomic E-state index is 0.0531. The summed E-state index contributed by atoms with van der Waals surface area (Å²) in [6.07, 6.45) is -8.99. The Hall–Kier alpha value is -4.29. The normalized spacial score (nSPS) is 18.1. The van der Waals surface area contributed by atoms with Gasteiger partial charge in [-0.25, -0.2) is 0 Å². The fourth-order valence-electron chi connectivity index (χ4n) is 4.80. The van der Waals surface area contributed by atoms with Crippen LogP contribution in [0.5, 0.6) is 5.75 Å². The Morgan fingerprint density at radius 2 is 1.63 bits per heavy atom. The van der Waals surface area contributed by atoms with Crippen LogP contribution >= 0.6 is 0 Å². The molecule has 2 rings (SSSR count). The molecule has 4 atom stereocenters. The van der Waals surface area contributed by atoms with Gasteiger partial charge < -0.3 is 39.1 Å². The lowest BCUT2D eigenvalue weighted by Gasteiger charge is -2.25. The summed E-state index contributed by atoms with van der Waals surface area (Å²) in [7, 11) is 0. The Labute approximate surface area is 285 Å². The van der Waals surface area contributed by atoms with E-state index < -0.39 is 128 Å². The molecule has 0 fully saturated rings. The molecule has 12 N–H and O–H groups in total. The highest BCUT2D eigenvalue weighted by Crippen LogP contribution is 2.26. The third-order valence-electron chi connectivity index (χ3n) is 7.25. The van der Waals surface area contributed by atoms with Gasteiger partial charge in [-0.3, -0.25) is 24.2 Å². The number of carbonyl (C=O) groups is 4. The standard InChI is InChI=1S/C34H51N7O5/c1-21-15-26(42)16-22(2)27(21)18-25(20-30(43)28(36)11-8-14-40-34(38)39)33(46)41-29(12-6-7-13-35)31(44)19-24(32(37)45)17-23-9-4-3-5-10-23/h3-5,9-10,15-16,24-25,28-29,42H,6-8,11-14,17-20,35-36H2,1-2H3,(H2,37,45)(H,41,46)(H4,38,39,40)/t24-,25-,28-,29+/m1/s1/i3D,4D,5D,6D2,7D2,9D,10D,24D. The Bertz CT molecular complexity index is 1790. The van der Waals surface area contributed by atoms with E-state index in [1.165, 1.54) is 12.1 Å². The van der Waals surface area contributed by atoms with Crippen molar-refractivity contribution in [3.05, 3.63) is 64.6 Å². The molecular formula is C34H51N7O5. The number of carbonyl (C=O) groups excluding carboxylic acids is 4. The molecule has 0 radical (unpaired) electrons. The number of phenols is 1. The molecule has 2 amide bonds. The van der Waals surface area contributed by atoms with Gasteiger partial charge >= 0.3 is 0 Å². The third kappa shape index (κ3) is 13.0. The van der Waals surface area contributed by atoms with Gasteiger partial charge in [0.15, 0.2) is 11.7 Å².